The molecule has 0 aromatic heterocycles. The number of nitrogens with one attached hydrogen (secondary N) is 1. The molecule has 1 saturated heterocycles. The summed E-state index contributed by atoms with van der Waals surface area (Å²) in [4.78, 5) is 2.43. The Balaban J connectivity index is 2.26. The van der Waals surface area contributed by atoms with Crippen LogP contribution < -0.4 is 5.32 Å². The molecule has 0 amide bonds. The fourth-order valence-electron chi connectivity index (χ4n) is 2.13. The van der Waals surface area contributed by atoms with Crippen molar-refractivity contribution in [1.29, 1.82) is 0 Å². The van der Waals surface area contributed by atoms with Crippen LogP contribution in [0.3, 0.4) is 0 Å². The summed E-state index contributed by atoms with van der Waals surface area (Å²) in [7, 11) is 2.22. The van der Waals surface area contributed by atoms with Crippen LogP contribution in [-0.2, 0) is 0 Å². The van der Waals surface area contributed by atoms with E-state index in [0.717, 1.165) is 12.5 Å². The van der Waals surface area contributed by atoms with Crippen molar-refractivity contribution in [2.45, 2.75) is 44.7 Å². The molecule has 2 unspecified atom stereocenters. The molecule has 82 valence electrons. The van der Waals surface area contributed by atoms with Crippen LogP contribution >= 0.6 is 0 Å². The first kappa shape index (κ1) is 11.7. The summed E-state index contributed by atoms with van der Waals surface area (Å²) in [6, 6.07) is 1.30. The fourth-order valence-corrected chi connectivity index (χ4v) is 2.13. The molecule has 1 fully saturated rings. The fraction of sp³-hybridized carbons (Fsp3) is 0.833. The largest absolute Gasteiger partial charge is 0.311 e. The number of likely N-dealkylation sites (tertiary alicyclic amines) is 1. The van der Waals surface area contributed by atoms with Gasteiger partial charge in [-0.2, -0.15) is 0 Å². The molecular weight excluding hydrogens is 172 g/mol. The quantitative estimate of drug-likeness (QED) is 0.692. The summed E-state index contributed by atoms with van der Waals surface area (Å²) >= 11 is 0. The lowest BCUT2D eigenvalue weighted by atomic mass is 10.1. The second-order valence-electron chi connectivity index (χ2n) is 4.52. The van der Waals surface area contributed by atoms with E-state index in [1.165, 1.54) is 32.4 Å². The van der Waals surface area contributed by atoms with E-state index >= 15 is 0 Å². The molecule has 0 aromatic carbocycles. The molecule has 2 atom stereocenters. The summed E-state index contributed by atoms with van der Waals surface area (Å²) in [6.07, 6.45) is 7.02. The molecule has 0 bridgehead atoms. The van der Waals surface area contributed by atoms with Gasteiger partial charge in [0.05, 0.1) is 0 Å². The van der Waals surface area contributed by atoms with Gasteiger partial charge in [-0.1, -0.05) is 6.08 Å². The first-order valence-electron chi connectivity index (χ1n) is 5.78. The van der Waals surface area contributed by atoms with E-state index < -0.39 is 0 Å². The van der Waals surface area contributed by atoms with Gasteiger partial charge in [0.15, 0.2) is 0 Å². The third-order valence-corrected chi connectivity index (χ3v) is 2.99. The van der Waals surface area contributed by atoms with Crippen molar-refractivity contribution >= 4 is 0 Å². The van der Waals surface area contributed by atoms with Crippen molar-refractivity contribution in [3.63, 3.8) is 0 Å². The minimum Gasteiger partial charge on any atom is -0.311 e. The van der Waals surface area contributed by atoms with Crippen molar-refractivity contribution in [2.75, 3.05) is 20.1 Å². The van der Waals surface area contributed by atoms with Crippen molar-refractivity contribution in [3.05, 3.63) is 12.7 Å². The lowest BCUT2D eigenvalue weighted by Gasteiger charge is -2.21. The van der Waals surface area contributed by atoms with Crippen molar-refractivity contribution in [3.8, 4) is 0 Å². The number of rotatable bonds is 4. The molecule has 1 heterocycles. The van der Waals surface area contributed by atoms with Gasteiger partial charge in [0, 0.05) is 12.1 Å². The summed E-state index contributed by atoms with van der Waals surface area (Å²) in [5.74, 6) is 0. The molecule has 0 radical (unpaired) electrons. The van der Waals surface area contributed by atoms with E-state index in [4.69, 9.17) is 0 Å². The summed E-state index contributed by atoms with van der Waals surface area (Å²) < 4.78 is 0. The zero-order chi connectivity index (χ0) is 10.4. The van der Waals surface area contributed by atoms with E-state index in [1.807, 2.05) is 6.08 Å². The molecule has 0 aliphatic carbocycles. The van der Waals surface area contributed by atoms with Crippen LogP contribution in [0, 0.1) is 0 Å². The molecular formula is C12H24N2. The molecule has 1 aliphatic rings. The predicted octanol–water partition coefficient (Wildman–Crippen LogP) is 2.02. The molecule has 0 spiro atoms. The Morgan fingerprint density at radius 1 is 1.50 bits per heavy atom. The van der Waals surface area contributed by atoms with Crippen LogP contribution in [0.2, 0.25) is 0 Å². The maximum Gasteiger partial charge on any atom is 0.00823 e. The minimum atomic E-state index is 0.584. The topological polar surface area (TPSA) is 15.3 Å². The maximum absolute atomic E-state index is 3.78. The second-order valence-corrected chi connectivity index (χ2v) is 4.52. The zero-order valence-electron chi connectivity index (χ0n) is 9.63. The minimum absolute atomic E-state index is 0.584. The van der Waals surface area contributed by atoms with E-state index in [-0.39, 0.29) is 0 Å². The molecule has 14 heavy (non-hydrogen) atoms. The average molecular weight is 196 g/mol. The van der Waals surface area contributed by atoms with Crippen LogP contribution in [0.4, 0.5) is 0 Å². The molecule has 0 aromatic rings. The summed E-state index contributed by atoms with van der Waals surface area (Å²) in [5, 5.41) is 3.68. The van der Waals surface area contributed by atoms with Gasteiger partial charge in [-0.15, -0.1) is 6.58 Å². The highest BCUT2D eigenvalue weighted by Gasteiger charge is 2.15. The van der Waals surface area contributed by atoms with Crippen molar-refractivity contribution in [1.82, 2.24) is 10.2 Å². The average Bonchev–Trinajstić information content (AvgIpc) is 2.32. The van der Waals surface area contributed by atoms with Crippen LogP contribution in [0.1, 0.15) is 32.6 Å². The molecule has 2 nitrogen and oxygen atoms in total. The van der Waals surface area contributed by atoms with Gasteiger partial charge >= 0.3 is 0 Å². The molecule has 1 rings (SSSR count). The third kappa shape index (κ3) is 4.25. The smallest absolute Gasteiger partial charge is 0.00823 e. The van der Waals surface area contributed by atoms with Gasteiger partial charge in [0.25, 0.3) is 0 Å². The van der Waals surface area contributed by atoms with E-state index in [2.05, 4.69) is 30.8 Å². The lowest BCUT2D eigenvalue weighted by Crippen LogP contribution is -2.36. The highest BCUT2D eigenvalue weighted by atomic mass is 15.1. The standard InChI is InChI=1S/C12H24N2/c1-4-6-11(2)13-12-7-5-9-14(3)10-8-12/h4,11-13H,1,5-10H2,2-3H3. The van der Waals surface area contributed by atoms with Gasteiger partial charge in [-0.3, -0.25) is 0 Å². The van der Waals surface area contributed by atoms with Gasteiger partial charge in [-0.25, -0.2) is 0 Å². The first-order valence-corrected chi connectivity index (χ1v) is 5.78. The van der Waals surface area contributed by atoms with E-state index in [9.17, 15) is 0 Å². The van der Waals surface area contributed by atoms with E-state index in [0.29, 0.717) is 6.04 Å². The normalized spacial score (nSPS) is 26.9. The number of hydrogen-bond acceptors (Lipinski definition) is 2. The third-order valence-electron chi connectivity index (χ3n) is 2.99. The van der Waals surface area contributed by atoms with Gasteiger partial charge in [0.1, 0.15) is 0 Å². The molecule has 1 N–H and O–H groups in total. The van der Waals surface area contributed by atoms with Crippen molar-refractivity contribution < 1.29 is 0 Å². The zero-order valence-corrected chi connectivity index (χ0v) is 9.63. The van der Waals surface area contributed by atoms with E-state index in [1.54, 1.807) is 0 Å². The van der Waals surface area contributed by atoms with Gasteiger partial charge in [0.2, 0.25) is 0 Å². The van der Waals surface area contributed by atoms with Gasteiger partial charge < -0.3 is 10.2 Å². The molecule has 1 aliphatic heterocycles. The van der Waals surface area contributed by atoms with Crippen LogP contribution in [0.15, 0.2) is 12.7 Å². The Morgan fingerprint density at radius 2 is 2.29 bits per heavy atom. The highest BCUT2D eigenvalue weighted by molar-refractivity contribution is 4.80. The lowest BCUT2D eigenvalue weighted by molar-refractivity contribution is 0.340. The SMILES string of the molecule is C=CCC(C)NC1CCCN(C)CC1. The molecule has 0 saturated carbocycles. The number of nitrogens with zero attached hydrogens (tertiary/aromatic N) is 1. The second kappa shape index (κ2) is 6.20. The highest BCUT2D eigenvalue weighted by Crippen LogP contribution is 2.10. The van der Waals surface area contributed by atoms with Crippen LogP contribution in [0.5, 0.6) is 0 Å². The predicted molar refractivity (Wildman–Crippen MR) is 62.5 cm³/mol. The Morgan fingerprint density at radius 3 is 3.00 bits per heavy atom. The number of hydrogen-bond donors (Lipinski definition) is 1. The summed E-state index contributed by atoms with van der Waals surface area (Å²) in [6.45, 7) is 8.51. The Bertz CT molecular complexity index is 168. The Labute approximate surface area is 88.4 Å². The maximum atomic E-state index is 3.78. The first-order chi connectivity index (χ1) is 6.72. The summed E-state index contributed by atoms with van der Waals surface area (Å²) in [5.41, 5.74) is 0. The van der Waals surface area contributed by atoms with Gasteiger partial charge in [-0.05, 0) is 52.7 Å². The monoisotopic (exact) mass is 196 g/mol. The van der Waals surface area contributed by atoms with Crippen LogP contribution in [-0.4, -0.2) is 37.1 Å². The van der Waals surface area contributed by atoms with Crippen molar-refractivity contribution in [2.24, 2.45) is 0 Å². The Hall–Kier alpha value is -0.340. The Kier molecular flexibility index (Phi) is 5.20. The van der Waals surface area contributed by atoms with Crippen LogP contribution in [0.25, 0.3) is 0 Å². The molecule has 2 heteroatoms.